The second-order valence-electron chi connectivity index (χ2n) is 5.28. The molecule has 1 aliphatic rings. The van der Waals surface area contributed by atoms with Gasteiger partial charge < -0.3 is 15.7 Å². The quantitative estimate of drug-likeness (QED) is 0.738. The molecule has 1 aromatic rings. The van der Waals surface area contributed by atoms with E-state index in [9.17, 15) is 19.1 Å². The lowest BCUT2D eigenvalue weighted by molar-refractivity contribution is -0.136. The third-order valence-corrected chi connectivity index (χ3v) is 3.70. The first-order valence-electron chi connectivity index (χ1n) is 7.09. The molecule has 21 heavy (non-hydrogen) atoms. The van der Waals surface area contributed by atoms with Gasteiger partial charge in [0.05, 0.1) is 6.10 Å². The van der Waals surface area contributed by atoms with Crippen molar-refractivity contribution in [3.05, 3.63) is 30.1 Å². The molecule has 0 heterocycles. The van der Waals surface area contributed by atoms with E-state index in [0.29, 0.717) is 5.69 Å². The number of benzene rings is 1. The van der Waals surface area contributed by atoms with Crippen molar-refractivity contribution in [2.24, 2.45) is 5.92 Å². The van der Waals surface area contributed by atoms with Gasteiger partial charge >= 0.3 is 11.8 Å². The molecule has 3 N–H and O–H groups in total. The number of hydrogen-bond acceptors (Lipinski definition) is 3. The van der Waals surface area contributed by atoms with Gasteiger partial charge in [-0.25, -0.2) is 4.39 Å². The molecule has 1 saturated carbocycles. The SMILES string of the molecule is O=C(NCC1CCCCC1O)C(=O)Nc1ccc(F)cc1. The van der Waals surface area contributed by atoms with E-state index in [0.717, 1.165) is 25.7 Å². The van der Waals surface area contributed by atoms with Crippen LogP contribution >= 0.6 is 0 Å². The summed E-state index contributed by atoms with van der Waals surface area (Å²) in [6.45, 7) is 0.289. The van der Waals surface area contributed by atoms with Gasteiger partial charge in [-0.15, -0.1) is 0 Å². The topological polar surface area (TPSA) is 78.4 Å². The Bertz CT molecular complexity index is 504. The van der Waals surface area contributed by atoms with Crippen LogP contribution in [0.4, 0.5) is 10.1 Å². The Morgan fingerprint density at radius 1 is 1.14 bits per heavy atom. The lowest BCUT2D eigenvalue weighted by atomic mass is 9.86. The second-order valence-corrected chi connectivity index (χ2v) is 5.28. The van der Waals surface area contributed by atoms with Gasteiger partial charge in [-0.3, -0.25) is 9.59 Å². The maximum absolute atomic E-state index is 12.7. The molecule has 0 saturated heterocycles. The van der Waals surface area contributed by atoms with E-state index >= 15 is 0 Å². The number of carbonyl (C=O) groups is 2. The first-order chi connectivity index (χ1) is 10.1. The molecule has 6 heteroatoms. The van der Waals surface area contributed by atoms with Crippen LogP contribution in [0.25, 0.3) is 0 Å². The highest BCUT2D eigenvalue weighted by Gasteiger charge is 2.24. The normalized spacial score (nSPS) is 21.6. The van der Waals surface area contributed by atoms with Crippen LogP contribution in [0, 0.1) is 11.7 Å². The van der Waals surface area contributed by atoms with Crippen LogP contribution in [-0.4, -0.2) is 29.6 Å². The minimum atomic E-state index is -0.799. The van der Waals surface area contributed by atoms with E-state index in [4.69, 9.17) is 0 Å². The van der Waals surface area contributed by atoms with Crippen molar-refractivity contribution in [2.45, 2.75) is 31.8 Å². The van der Waals surface area contributed by atoms with Crippen molar-refractivity contribution in [1.82, 2.24) is 5.32 Å². The fourth-order valence-electron chi connectivity index (χ4n) is 2.45. The largest absolute Gasteiger partial charge is 0.393 e. The summed E-state index contributed by atoms with van der Waals surface area (Å²) in [6.07, 6.45) is 3.19. The van der Waals surface area contributed by atoms with Gasteiger partial charge in [0.15, 0.2) is 0 Å². The number of rotatable bonds is 3. The number of carbonyl (C=O) groups excluding carboxylic acids is 2. The molecule has 5 nitrogen and oxygen atoms in total. The molecular formula is C15H19FN2O3. The summed E-state index contributed by atoms with van der Waals surface area (Å²) < 4.78 is 12.7. The summed E-state index contributed by atoms with van der Waals surface area (Å²) in [6, 6.07) is 5.16. The molecule has 2 unspecified atom stereocenters. The van der Waals surface area contributed by atoms with Gasteiger partial charge in [-0.05, 0) is 37.1 Å². The Morgan fingerprint density at radius 3 is 2.48 bits per heavy atom. The maximum Gasteiger partial charge on any atom is 0.313 e. The predicted molar refractivity (Wildman–Crippen MR) is 76.0 cm³/mol. The minimum Gasteiger partial charge on any atom is -0.393 e. The van der Waals surface area contributed by atoms with Crippen LogP contribution in [0.1, 0.15) is 25.7 Å². The van der Waals surface area contributed by atoms with Crippen molar-refractivity contribution in [1.29, 1.82) is 0 Å². The molecule has 1 aliphatic carbocycles. The van der Waals surface area contributed by atoms with Gasteiger partial charge in [0.2, 0.25) is 0 Å². The minimum absolute atomic E-state index is 0.00122. The molecular weight excluding hydrogens is 275 g/mol. The number of hydrogen-bond donors (Lipinski definition) is 3. The highest BCUT2D eigenvalue weighted by atomic mass is 19.1. The van der Waals surface area contributed by atoms with Crippen LogP contribution in [-0.2, 0) is 9.59 Å². The van der Waals surface area contributed by atoms with E-state index in [2.05, 4.69) is 10.6 Å². The van der Waals surface area contributed by atoms with Gasteiger partial charge in [-0.2, -0.15) is 0 Å². The van der Waals surface area contributed by atoms with Crippen molar-refractivity contribution >= 4 is 17.5 Å². The smallest absolute Gasteiger partial charge is 0.313 e. The molecule has 2 atom stereocenters. The zero-order valence-corrected chi connectivity index (χ0v) is 11.6. The van der Waals surface area contributed by atoms with Gasteiger partial charge in [-0.1, -0.05) is 12.8 Å². The first-order valence-corrected chi connectivity index (χ1v) is 7.09. The number of amides is 2. The highest BCUT2D eigenvalue weighted by molar-refractivity contribution is 6.39. The molecule has 0 radical (unpaired) electrons. The Morgan fingerprint density at radius 2 is 1.81 bits per heavy atom. The van der Waals surface area contributed by atoms with E-state index < -0.39 is 23.7 Å². The molecule has 2 amide bonds. The van der Waals surface area contributed by atoms with Crippen molar-refractivity contribution < 1.29 is 19.1 Å². The summed E-state index contributed by atoms with van der Waals surface area (Å²) in [5.41, 5.74) is 0.356. The summed E-state index contributed by atoms with van der Waals surface area (Å²) in [4.78, 5) is 23.4. The van der Waals surface area contributed by atoms with Crippen LogP contribution in [0.2, 0.25) is 0 Å². The van der Waals surface area contributed by atoms with E-state index in [-0.39, 0.29) is 12.5 Å². The summed E-state index contributed by atoms with van der Waals surface area (Å²) >= 11 is 0. The highest BCUT2D eigenvalue weighted by Crippen LogP contribution is 2.23. The summed E-state index contributed by atoms with van der Waals surface area (Å²) in [7, 11) is 0. The fraction of sp³-hybridized carbons (Fsp3) is 0.467. The molecule has 0 aromatic heterocycles. The standard InChI is InChI=1S/C15H19FN2O3/c16-11-5-7-12(8-6-11)18-15(21)14(20)17-9-10-3-1-2-4-13(10)19/h5-8,10,13,19H,1-4,9H2,(H,17,20)(H,18,21). The monoisotopic (exact) mass is 294 g/mol. The second kappa shape index (κ2) is 7.17. The maximum atomic E-state index is 12.7. The third kappa shape index (κ3) is 4.53. The number of nitrogens with one attached hydrogen (secondary N) is 2. The molecule has 0 bridgehead atoms. The fourth-order valence-corrected chi connectivity index (χ4v) is 2.45. The van der Waals surface area contributed by atoms with Gasteiger partial charge in [0.25, 0.3) is 0 Å². The Balaban J connectivity index is 1.79. The molecule has 0 spiro atoms. The number of halogens is 1. The van der Waals surface area contributed by atoms with Crippen LogP contribution < -0.4 is 10.6 Å². The van der Waals surface area contributed by atoms with E-state index in [1.165, 1.54) is 24.3 Å². The van der Waals surface area contributed by atoms with Crippen molar-refractivity contribution in [2.75, 3.05) is 11.9 Å². The molecule has 1 fully saturated rings. The Labute approximate surface area is 122 Å². The zero-order chi connectivity index (χ0) is 15.2. The van der Waals surface area contributed by atoms with E-state index in [1.54, 1.807) is 0 Å². The number of anilines is 1. The van der Waals surface area contributed by atoms with Crippen molar-refractivity contribution in [3.8, 4) is 0 Å². The Hall–Kier alpha value is -1.95. The van der Waals surface area contributed by atoms with Crippen LogP contribution in [0.5, 0.6) is 0 Å². The molecule has 1 aromatic carbocycles. The van der Waals surface area contributed by atoms with Gasteiger partial charge in [0, 0.05) is 18.2 Å². The Kier molecular flexibility index (Phi) is 5.27. The first kappa shape index (κ1) is 15.4. The van der Waals surface area contributed by atoms with E-state index in [1.807, 2.05) is 0 Å². The molecule has 2 rings (SSSR count). The molecule has 0 aliphatic heterocycles. The lowest BCUT2D eigenvalue weighted by Crippen LogP contribution is -2.41. The average molecular weight is 294 g/mol. The zero-order valence-electron chi connectivity index (χ0n) is 11.6. The predicted octanol–water partition coefficient (Wildman–Crippen LogP) is 1.43. The lowest BCUT2D eigenvalue weighted by Gasteiger charge is -2.27. The molecule has 114 valence electrons. The van der Waals surface area contributed by atoms with Crippen LogP contribution in [0.15, 0.2) is 24.3 Å². The number of aliphatic hydroxyl groups is 1. The van der Waals surface area contributed by atoms with Crippen LogP contribution in [0.3, 0.4) is 0 Å². The average Bonchev–Trinajstić information content (AvgIpc) is 2.48. The number of aliphatic hydroxyl groups excluding tert-OH is 1. The van der Waals surface area contributed by atoms with Gasteiger partial charge in [0.1, 0.15) is 5.82 Å². The van der Waals surface area contributed by atoms with Crippen molar-refractivity contribution in [3.63, 3.8) is 0 Å². The third-order valence-electron chi connectivity index (χ3n) is 3.70. The summed E-state index contributed by atoms with van der Waals surface area (Å²) in [5, 5.41) is 14.7. The summed E-state index contributed by atoms with van der Waals surface area (Å²) in [5.74, 6) is -1.96.